The average Bonchev–Trinajstić information content (AvgIpc) is 3.43. The number of nitrogens with zero attached hydrogens (tertiary/aromatic N) is 1. The Labute approximate surface area is 347 Å². The Bertz CT molecular complexity index is 1720. The lowest BCUT2D eigenvalue weighted by Gasteiger charge is -2.35. The van der Waals surface area contributed by atoms with Crippen molar-refractivity contribution in [3.63, 3.8) is 0 Å². The number of nitrogens with one attached hydrogen (secondary N) is 4. The molecule has 0 radical (unpaired) electrons. The molecule has 2 aromatic rings. The molecule has 16 nitrogen and oxygen atoms in total. The molecule has 0 spiro atoms. The van der Waals surface area contributed by atoms with E-state index >= 15 is 0 Å². The standard InChI is InChI=1S/C43H62N6O10/c1-27(2)39(54)59-26-29-16-18-30(19-17-29)46-35(50)31(15-12-20-45-40(44)55)47-36(51)32(25-28-13-10-9-11-14-28)48-41(56)58-24-23-57-22-21-49-37(52)33(42(3,4)5)34(38(49)53)43(6,7)8/h9-11,13-14,16-19,27,31-34H,12,15,20-26H2,1-8H3,(H,46,50)(H,47,51)(H,48,56)(H3,44,45,55)/t31-,32+,33?,34?/m0/s1. The molecule has 0 bridgehead atoms. The second-order valence-corrected chi connectivity index (χ2v) is 17.1. The minimum Gasteiger partial charge on any atom is -0.461 e. The van der Waals surface area contributed by atoms with E-state index in [0.717, 1.165) is 5.56 Å². The minimum absolute atomic E-state index is 0.0315. The van der Waals surface area contributed by atoms with Crippen LogP contribution in [0.3, 0.4) is 0 Å². The van der Waals surface area contributed by atoms with Gasteiger partial charge in [-0.15, -0.1) is 0 Å². The smallest absolute Gasteiger partial charge is 0.407 e. The Morgan fingerprint density at radius 2 is 1.36 bits per heavy atom. The first-order valence-corrected chi connectivity index (χ1v) is 20.0. The maximum absolute atomic E-state index is 13.8. The number of imide groups is 1. The van der Waals surface area contributed by atoms with Crippen molar-refractivity contribution in [3.8, 4) is 0 Å². The van der Waals surface area contributed by atoms with Crippen LogP contribution in [-0.2, 0) is 51.2 Å². The van der Waals surface area contributed by atoms with Crippen LogP contribution in [0.1, 0.15) is 79.4 Å². The summed E-state index contributed by atoms with van der Waals surface area (Å²) in [7, 11) is 0. The zero-order chi connectivity index (χ0) is 43.9. The average molecular weight is 823 g/mol. The van der Waals surface area contributed by atoms with E-state index in [1.54, 1.807) is 62.4 Å². The van der Waals surface area contributed by atoms with E-state index in [4.69, 9.17) is 19.9 Å². The van der Waals surface area contributed by atoms with Crippen molar-refractivity contribution in [2.75, 3.05) is 38.2 Å². The van der Waals surface area contributed by atoms with Gasteiger partial charge in [-0.05, 0) is 46.9 Å². The highest BCUT2D eigenvalue weighted by Crippen LogP contribution is 2.47. The van der Waals surface area contributed by atoms with Gasteiger partial charge in [0.25, 0.3) is 0 Å². The fourth-order valence-corrected chi connectivity index (χ4v) is 6.68. The summed E-state index contributed by atoms with van der Waals surface area (Å²) in [4.78, 5) is 91.4. The van der Waals surface area contributed by atoms with Gasteiger partial charge in [0, 0.05) is 18.7 Å². The van der Waals surface area contributed by atoms with E-state index < -0.39 is 58.7 Å². The number of alkyl carbamates (subject to hydrolysis) is 1. The number of carbonyl (C=O) groups is 7. The van der Waals surface area contributed by atoms with Crippen LogP contribution in [0, 0.1) is 28.6 Å². The summed E-state index contributed by atoms with van der Waals surface area (Å²) in [5, 5.41) is 10.6. The van der Waals surface area contributed by atoms with Gasteiger partial charge >= 0.3 is 18.1 Å². The van der Waals surface area contributed by atoms with Gasteiger partial charge in [-0.3, -0.25) is 28.9 Å². The van der Waals surface area contributed by atoms with Gasteiger partial charge in [-0.2, -0.15) is 0 Å². The van der Waals surface area contributed by atoms with Gasteiger partial charge in [0.15, 0.2) is 0 Å². The Morgan fingerprint density at radius 1 is 0.746 bits per heavy atom. The molecule has 1 saturated heterocycles. The number of hydrogen-bond donors (Lipinski definition) is 5. The molecule has 6 N–H and O–H groups in total. The second-order valence-electron chi connectivity index (χ2n) is 17.1. The third kappa shape index (κ3) is 15.3. The highest BCUT2D eigenvalue weighted by atomic mass is 16.6. The van der Waals surface area contributed by atoms with Crippen molar-refractivity contribution >= 4 is 47.4 Å². The molecule has 0 aromatic heterocycles. The summed E-state index contributed by atoms with van der Waals surface area (Å²) in [6.45, 7) is 15.3. The van der Waals surface area contributed by atoms with E-state index in [2.05, 4.69) is 21.3 Å². The van der Waals surface area contributed by atoms with Crippen molar-refractivity contribution in [2.45, 2.75) is 93.3 Å². The van der Waals surface area contributed by atoms with Crippen LogP contribution in [0.5, 0.6) is 0 Å². The lowest BCUT2D eigenvalue weighted by molar-refractivity contribution is -0.148. The van der Waals surface area contributed by atoms with E-state index in [0.29, 0.717) is 11.3 Å². The van der Waals surface area contributed by atoms with E-state index in [1.807, 2.05) is 47.6 Å². The first-order chi connectivity index (χ1) is 27.7. The SMILES string of the molecule is CC(C)C(=O)OCc1ccc(NC(=O)[C@H](CCCNC(N)=O)NC(=O)[C@@H](Cc2ccccc2)NC(=O)OCCOCCN2C(=O)C(C(C)(C)C)C(C(C)(C)C)C2=O)cc1. The number of anilines is 1. The van der Waals surface area contributed by atoms with E-state index in [1.165, 1.54) is 4.90 Å². The third-order valence-corrected chi connectivity index (χ3v) is 9.75. The number of ether oxygens (including phenoxy) is 3. The lowest BCUT2D eigenvalue weighted by atomic mass is 9.65. The number of urea groups is 1. The zero-order valence-electron chi connectivity index (χ0n) is 35.6. The molecule has 7 amide bonds. The summed E-state index contributed by atoms with van der Waals surface area (Å²) >= 11 is 0. The van der Waals surface area contributed by atoms with Crippen molar-refractivity contribution in [1.29, 1.82) is 0 Å². The monoisotopic (exact) mass is 822 g/mol. The number of nitrogens with two attached hydrogens (primary N) is 1. The van der Waals surface area contributed by atoms with Gasteiger partial charge in [0.1, 0.15) is 25.3 Å². The van der Waals surface area contributed by atoms with Crippen LogP contribution in [0.15, 0.2) is 54.6 Å². The maximum atomic E-state index is 13.8. The molecule has 0 saturated carbocycles. The predicted molar refractivity (Wildman–Crippen MR) is 220 cm³/mol. The molecule has 1 aliphatic rings. The van der Waals surface area contributed by atoms with Crippen molar-refractivity contribution in [3.05, 3.63) is 65.7 Å². The quantitative estimate of drug-likeness (QED) is 0.0723. The maximum Gasteiger partial charge on any atom is 0.407 e. The van der Waals surface area contributed by atoms with Crippen LogP contribution < -0.4 is 27.0 Å². The molecular weight excluding hydrogens is 761 g/mol. The van der Waals surface area contributed by atoms with Crippen LogP contribution in [0.4, 0.5) is 15.3 Å². The highest BCUT2D eigenvalue weighted by Gasteiger charge is 2.56. The van der Waals surface area contributed by atoms with E-state index in [9.17, 15) is 33.6 Å². The Kier molecular flexibility index (Phi) is 17.9. The summed E-state index contributed by atoms with van der Waals surface area (Å²) in [6, 6.07) is 12.7. The van der Waals surface area contributed by atoms with Crippen molar-refractivity contribution < 1.29 is 47.8 Å². The number of rotatable bonds is 20. The molecule has 2 aromatic carbocycles. The number of benzene rings is 2. The van der Waals surface area contributed by atoms with Crippen LogP contribution in [0.25, 0.3) is 0 Å². The number of hydrogen-bond acceptors (Lipinski definition) is 10. The normalized spacial score (nSPS) is 16.6. The number of esters is 1. The van der Waals surface area contributed by atoms with Gasteiger partial charge in [-0.25, -0.2) is 9.59 Å². The largest absolute Gasteiger partial charge is 0.461 e. The minimum atomic E-state index is -1.16. The molecule has 0 aliphatic carbocycles. The van der Waals surface area contributed by atoms with Crippen LogP contribution in [0.2, 0.25) is 0 Å². The molecule has 4 atom stereocenters. The molecule has 324 valence electrons. The number of carbonyl (C=O) groups excluding carboxylic acids is 7. The summed E-state index contributed by atoms with van der Waals surface area (Å²) < 4.78 is 16.2. The van der Waals surface area contributed by atoms with Crippen LogP contribution >= 0.6 is 0 Å². The summed E-state index contributed by atoms with van der Waals surface area (Å²) in [5.41, 5.74) is 6.25. The van der Waals surface area contributed by atoms with Gasteiger partial charge < -0.3 is 41.2 Å². The number of amides is 7. The van der Waals surface area contributed by atoms with Gasteiger partial charge in [-0.1, -0.05) is 97.9 Å². The topological polar surface area (TPSA) is 225 Å². The molecule has 1 aliphatic heterocycles. The predicted octanol–water partition coefficient (Wildman–Crippen LogP) is 4.31. The van der Waals surface area contributed by atoms with Crippen molar-refractivity contribution in [1.82, 2.24) is 20.9 Å². The highest BCUT2D eigenvalue weighted by molar-refractivity contribution is 6.06. The molecule has 1 heterocycles. The molecule has 16 heteroatoms. The van der Waals surface area contributed by atoms with E-state index in [-0.39, 0.29) is 82.5 Å². The molecular formula is C43H62N6O10. The van der Waals surface area contributed by atoms with Gasteiger partial charge in [0.05, 0.1) is 37.5 Å². The number of primary amides is 1. The van der Waals surface area contributed by atoms with Crippen LogP contribution in [-0.4, -0.2) is 91.6 Å². The van der Waals surface area contributed by atoms with Crippen molar-refractivity contribution in [2.24, 2.45) is 34.3 Å². The molecule has 3 rings (SSSR count). The number of likely N-dealkylation sites (tertiary alicyclic amines) is 1. The Hall–Kier alpha value is -5.51. The fraction of sp³-hybridized carbons (Fsp3) is 0.558. The molecule has 59 heavy (non-hydrogen) atoms. The lowest BCUT2D eigenvalue weighted by Crippen LogP contribution is -2.53. The molecule has 1 fully saturated rings. The first-order valence-electron chi connectivity index (χ1n) is 20.0. The Morgan fingerprint density at radius 3 is 1.92 bits per heavy atom. The molecule has 2 unspecified atom stereocenters. The Balaban J connectivity index is 1.61. The zero-order valence-corrected chi connectivity index (χ0v) is 35.6. The second kappa shape index (κ2) is 22.0. The first kappa shape index (κ1) is 47.9. The fourth-order valence-electron chi connectivity index (χ4n) is 6.68. The van der Waals surface area contributed by atoms with Gasteiger partial charge in [0.2, 0.25) is 23.6 Å². The summed E-state index contributed by atoms with van der Waals surface area (Å²) in [6.07, 6.45) is -0.430. The third-order valence-electron chi connectivity index (χ3n) is 9.75. The summed E-state index contributed by atoms with van der Waals surface area (Å²) in [5.74, 6) is -3.16.